The van der Waals surface area contributed by atoms with Gasteiger partial charge in [0.05, 0.1) is 0 Å². The van der Waals surface area contributed by atoms with Crippen LogP contribution in [-0.2, 0) is 6.54 Å². The Balaban J connectivity index is 1.57. The van der Waals surface area contributed by atoms with Gasteiger partial charge in [0.1, 0.15) is 0 Å². The van der Waals surface area contributed by atoms with Gasteiger partial charge >= 0.3 is 0 Å². The minimum Gasteiger partial charge on any atom is -0.310 e. The molecule has 0 amide bonds. The Labute approximate surface area is 126 Å². The molecule has 1 aliphatic rings. The number of rotatable bonds is 4. The van der Waals surface area contributed by atoms with E-state index in [1.807, 2.05) is 42.7 Å². The molecule has 3 nitrogen and oxygen atoms in total. The third-order valence-corrected chi connectivity index (χ3v) is 4.19. The first-order valence-electron chi connectivity index (χ1n) is 8.01. The lowest BCUT2D eigenvalue weighted by Gasteiger charge is -2.15. The van der Waals surface area contributed by atoms with Gasteiger partial charge in [-0.15, -0.1) is 0 Å². The summed E-state index contributed by atoms with van der Waals surface area (Å²) in [4.78, 5) is 8.96. The van der Waals surface area contributed by atoms with E-state index in [0.717, 1.165) is 17.9 Å². The lowest BCUT2D eigenvalue weighted by Crippen LogP contribution is -2.27. The van der Waals surface area contributed by atoms with Gasteiger partial charge in [-0.05, 0) is 12.8 Å². The molecule has 0 aliphatic heterocycles. The van der Waals surface area contributed by atoms with Gasteiger partial charge in [-0.1, -0.05) is 56.0 Å². The van der Waals surface area contributed by atoms with Crippen LogP contribution in [-0.4, -0.2) is 16.0 Å². The molecule has 1 aliphatic carbocycles. The third-order valence-electron chi connectivity index (χ3n) is 4.19. The number of hydrogen-bond donors (Lipinski definition) is 1. The third kappa shape index (κ3) is 4.11. The number of benzene rings is 1. The van der Waals surface area contributed by atoms with E-state index in [1.165, 1.54) is 44.1 Å². The molecule has 21 heavy (non-hydrogen) atoms. The molecule has 1 heterocycles. The second-order valence-electron chi connectivity index (χ2n) is 5.85. The van der Waals surface area contributed by atoms with Crippen LogP contribution in [0.3, 0.4) is 0 Å². The Bertz CT molecular complexity index is 528. The summed E-state index contributed by atoms with van der Waals surface area (Å²) in [6, 6.07) is 10.8. The molecule has 110 valence electrons. The zero-order valence-corrected chi connectivity index (χ0v) is 12.5. The molecule has 1 N–H and O–H groups in total. The van der Waals surface area contributed by atoms with Crippen molar-refractivity contribution < 1.29 is 0 Å². The molecule has 1 fully saturated rings. The fraction of sp³-hybridized carbons (Fsp3) is 0.444. The molecule has 3 heteroatoms. The molecule has 0 radical (unpaired) electrons. The van der Waals surface area contributed by atoms with Crippen LogP contribution in [0.4, 0.5) is 0 Å². The first-order chi connectivity index (χ1) is 10.4. The Morgan fingerprint density at radius 2 is 1.57 bits per heavy atom. The number of nitrogens with one attached hydrogen (secondary N) is 1. The second kappa shape index (κ2) is 7.32. The van der Waals surface area contributed by atoms with Crippen molar-refractivity contribution in [2.45, 2.75) is 51.1 Å². The largest absolute Gasteiger partial charge is 0.310 e. The van der Waals surface area contributed by atoms with Crippen LogP contribution in [0.5, 0.6) is 0 Å². The minimum atomic E-state index is 0.668. The number of hydrogen-bond acceptors (Lipinski definition) is 3. The highest BCUT2D eigenvalue weighted by Crippen LogP contribution is 2.18. The lowest BCUT2D eigenvalue weighted by molar-refractivity contribution is 0.458. The van der Waals surface area contributed by atoms with Crippen molar-refractivity contribution in [3.05, 3.63) is 48.3 Å². The normalized spacial score (nSPS) is 16.6. The maximum Gasteiger partial charge on any atom is 0.159 e. The predicted octanol–water partition coefficient (Wildman–Crippen LogP) is 3.96. The highest BCUT2D eigenvalue weighted by molar-refractivity contribution is 5.53. The van der Waals surface area contributed by atoms with Crippen LogP contribution in [0.25, 0.3) is 11.4 Å². The molecule has 2 aromatic rings. The van der Waals surface area contributed by atoms with Gasteiger partial charge in [-0.3, -0.25) is 0 Å². The maximum atomic E-state index is 4.48. The average Bonchev–Trinajstić information content (AvgIpc) is 2.83. The molecule has 0 atom stereocenters. The molecular formula is C18H23N3. The monoisotopic (exact) mass is 281 g/mol. The van der Waals surface area contributed by atoms with Crippen LogP contribution < -0.4 is 5.32 Å². The maximum absolute atomic E-state index is 4.48. The lowest BCUT2D eigenvalue weighted by atomic mass is 10.1. The molecule has 0 unspecified atom stereocenters. The van der Waals surface area contributed by atoms with Crippen molar-refractivity contribution in [1.82, 2.24) is 15.3 Å². The van der Waals surface area contributed by atoms with Gasteiger partial charge in [-0.25, -0.2) is 9.97 Å². The number of nitrogens with zero attached hydrogens (tertiary/aromatic N) is 2. The van der Waals surface area contributed by atoms with Crippen molar-refractivity contribution >= 4 is 0 Å². The highest BCUT2D eigenvalue weighted by Gasteiger charge is 2.11. The molecule has 0 spiro atoms. The average molecular weight is 281 g/mol. The zero-order chi connectivity index (χ0) is 14.3. The van der Waals surface area contributed by atoms with Gasteiger partial charge in [0.25, 0.3) is 0 Å². The molecule has 0 bridgehead atoms. The van der Waals surface area contributed by atoms with E-state index >= 15 is 0 Å². The van der Waals surface area contributed by atoms with Crippen molar-refractivity contribution in [2.75, 3.05) is 0 Å². The van der Waals surface area contributed by atoms with Gasteiger partial charge in [0.2, 0.25) is 0 Å². The van der Waals surface area contributed by atoms with Gasteiger partial charge in [0, 0.05) is 36.1 Å². The van der Waals surface area contributed by atoms with Gasteiger partial charge in [-0.2, -0.15) is 0 Å². The molecule has 1 saturated carbocycles. The van der Waals surface area contributed by atoms with E-state index in [-0.39, 0.29) is 0 Å². The van der Waals surface area contributed by atoms with E-state index in [4.69, 9.17) is 0 Å². The zero-order valence-electron chi connectivity index (χ0n) is 12.5. The first kappa shape index (κ1) is 14.2. The quantitative estimate of drug-likeness (QED) is 0.862. The Kier molecular flexibility index (Phi) is 4.95. The smallest absolute Gasteiger partial charge is 0.159 e. The summed E-state index contributed by atoms with van der Waals surface area (Å²) >= 11 is 0. The molecule has 0 saturated heterocycles. The van der Waals surface area contributed by atoms with Crippen LogP contribution in [0.2, 0.25) is 0 Å². The molecular weight excluding hydrogens is 258 g/mol. The molecule has 3 rings (SSSR count). The summed E-state index contributed by atoms with van der Waals surface area (Å²) in [6.45, 7) is 0.875. The highest BCUT2D eigenvalue weighted by atomic mass is 14.9. The van der Waals surface area contributed by atoms with Crippen molar-refractivity contribution in [1.29, 1.82) is 0 Å². The van der Waals surface area contributed by atoms with Crippen LogP contribution in [0.15, 0.2) is 42.7 Å². The van der Waals surface area contributed by atoms with Crippen LogP contribution in [0, 0.1) is 0 Å². The Hall–Kier alpha value is -1.74. The second-order valence-corrected chi connectivity index (χ2v) is 5.85. The Morgan fingerprint density at radius 3 is 2.24 bits per heavy atom. The van der Waals surface area contributed by atoms with E-state index in [9.17, 15) is 0 Å². The summed E-state index contributed by atoms with van der Waals surface area (Å²) in [7, 11) is 0. The summed E-state index contributed by atoms with van der Waals surface area (Å²) < 4.78 is 0. The predicted molar refractivity (Wildman–Crippen MR) is 85.8 cm³/mol. The van der Waals surface area contributed by atoms with E-state index in [0.29, 0.717) is 6.04 Å². The van der Waals surface area contributed by atoms with Gasteiger partial charge < -0.3 is 5.32 Å². The number of aromatic nitrogens is 2. The first-order valence-corrected chi connectivity index (χ1v) is 8.01. The summed E-state index contributed by atoms with van der Waals surface area (Å²) in [5, 5.41) is 3.66. The standard InChI is InChI=1S/C18H23N3/c1-2-7-11-17(10-6-1)19-12-15-13-20-18(21-14-15)16-8-4-3-5-9-16/h3-5,8-9,13-14,17,19H,1-2,6-7,10-12H2. The summed E-state index contributed by atoms with van der Waals surface area (Å²) in [5.41, 5.74) is 2.24. The molecule has 1 aromatic carbocycles. The summed E-state index contributed by atoms with van der Waals surface area (Å²) in [5.74, 6) is 0.800. The van der Waals surface area contributed by atoms with E-state index in [1.54, 1.807) is 0 Å². The Morgan fingerprint density at radius 1 is 0.905 bits per heavy atom. The van der Waals surface area contributed by atoms with E-state index in [2.05, 4.69) is 15.3 Å². The topological polar surface area (TPSA) is 37.8 Å². The SMILES string of the molecule is c1ccc(-c2ncc(CNC3CCCCCC3)cn2)cc1. The van der Waals surface area contributed by atoms with Crippen LogP contribution >= 0.6 is 0 Å². The summed E-state index contributed by atoms with van der Waals surface area (Å²) in [6.07, 6.45) is 12.0. The van der Waals surface area contributed by atoms with Crippen LogP contribution in [0.1, 0.15) is 44.1 Å². The fourth-order valence-electron chi connectivity index (χ4n) is 2.93. The van der Waals surface area contributed by atoms with E-state index < -0.39 is 0 Å². The fourth-order valence-corrected chi connectivity index (χ4v) is 2.93. The van der Waals surface area contributed by atoms with Crippen molar-refractivity contribution in [3.8, 4) is 11.4 Å². The van der Waals surface area contributed by atoms with Gasteiger partial charge in [0.15, 0.2) is 5.82 Å². The van der Waals surface area contributed by atoms with Crippen molar-refractivity contribution in [3.63, 3.8) is 0 Å². The minimum absolute atomic E-state index is 0.668. The van der Waals surface area contributed by atoms with Crippen molar-refractivity contribution in [2.24, 2.45) is 0 Å². The molecule has 1 aromatic heterocycles.